The van der Waals surface area contributed by atoms with Crippen LogP contribution < -0.4 is 11.1 Å². The topological polar surface area (TPSA) is 55.1 Å². The van der Waals surface area contributed by atoms with Gasteiger partial charge < -0.3 is 11.1 Å². The molecule has 0 spiro atoms. The average Bonchev–Trinajstić information content (AvgIpc) is 2.11. The molecule has 82 valence electrons. The van der Waals surface area contributed by atoms with Crippen molar-refractivity contribution in [2.75, 3.05) is 0 Å². The van der Waals surface area contributed by atoms with Gasteiger partial charge in [0, 0.05) is 12.1 Å². The van der Waals surface area contributed by atoms with Crippen LogP contribution in [0.1, 0.15) is 18.5 Å². The largest absolute Gasteiger partial charge is 0.350 e. The third-order valence-electron chi connectivity index (χ3n) is 2.02. The molecule has 0 aromatic heterocycles. The van der Waals surface area contributed by atoms with E-state index in [0.29, 0.717) is 12.0 Å². The van der Waals surface area contributed by atoms with E-state index >= 15 is 0 Å². The molecule has 0 aliphatic rings. The molecule has 0 saturated carbocycles. The molecule has 3 nitrogen and oxygen atoms in total. The summed E-state index contributed by atoms with van der Waals surface area (Å²) >= 11 is 0. The molecule has 0 bridgehead atoms. The molecule has 15 heavy (non-hydrogen) atoms. The first kappa shape index (κ1) is 11.6. The second-order valence-electron chi connectivity index (χ2n) is 3.32. The lowest BCUT2D eigenvalue weighted by atomic mass is 10.0. The number of hydrogen-bond donors (Lipinski definition) is 2. The van der Waals surface area contributed by atoms with Crippen LogP contribution >= 0.6 is 0 Å². The van der Waals surface area contributed by atoms with Crippen LogP contribution in [0.3, 0.4) is 0 Å². The highest BCUT2D eigenvalue weighted by atomic mass is 19.1. The summed E-state index contributed by atoms with van der Waals surface area (Å²) in [5.41, 5.74) is 5.90. The molecule has 3 N–H and O–H groups in total. The van der Waals surface area contributed by atoms with Crippen molar-refractivity contribution in [1.82, 2.24) is 5.32 Å². The van der Waals surface area contributed by atoms with Crippen LogP contribution in [0.25, 0.3) is 0 Å². The first-order valence-electron chi connectivity index (χ1n) is 4.46. The second kappa shape index (κ2) is 4.84. The maximum Gasteiger partial charge on any atom is 0.207 e. The molecule has 1 aromatic carbocycles. The predicted octanol–water partition coefficient (Wildman–Crippen LogP) is 1.10. The van der Waals surface area contributed by atoms with Crippen LogP contribution in [0.2, 0.25) is 0 Å². The summed E-state index contributed by atoms with van der Waals surface area (Å²) < 4.78 is 25.8. The van der Waals surface area contributed by atoms with Gasteiger partial charge in [0.05, 0.1) is 6.04 Å². The Kier molecular flexibility index (Phi) is 3.74. The van der Waals surface area contributed by atoms with E-state index < -0.39 is 23.7 Å². The Morgan fingerprint density at radius 1 is 1.33 bits per heavy atom. The van der Waals surface area contributed by atoms with Crippen molar-refractivity contribution >= 4 is 6.41 Å². The quantitative estimate of drug-likeness (QED) is 0.737. The Hall–Kier alpha value is -1.49. The molecule has 1 amide bonds. The van der Waals surface area contributed by atoms with Crippen molar-refractivity contribution in [3.63, 3.8) is 0 Å². The normalized spacial score (nSPS) is 14.4. The van der Waals surface area contributed by atoms with E-state index in [2.05, 4.69) is 5.32 Å². The van der Waals surface area contributed by atoms with Gasteiger partial charge >= 0.3 is 0 Å². The summed E-state index contributed by atoms with van der Waals surface area (Å²) in [5.74, 6) is -1.38. The van der Waals surface area contributed by atoms with Crippen molar-refractivity contribution in [2.45, 2.75) is 19.0 Å². The van der Waals surface area contributed by atoms with Crippen LogP contribution in [0, 0.1) is 11.6 Å². The molecule has 0 aliphatic carbocycles. The third-order valence-corrected chi connectivity index (χ3v) is 2.02. The van der Waals surface area contributed by atoms with Crippen LogP contribution in [-0.4, -0.2) is 12.5 Å². The number of rotatable bonds is 4. The molecule has 2 atom stereocenters. The van der Waals surface area contributed by atoms with Crippen molar-refractivity contribution in [2.24, 2.45) is 5.73 Å². The maximum atomic E-state index is 12.9. The first-order valence-corrected chi connectivity index (χ1v) is 4.46. The number of carbonyl (C=O) groups is 1. The fourth-order valence-electron chi connectivity index (χ4n) is 1.38. The Labute approximate surface area is 86.3 Å². The summed E-state index contributed by atoms with van der Waals surface area (Å²) in [5, 5.41) is 2.41. The molecule has 2 unspecified atom stereocenters. The van der Waals surface area contributed by atoms with E-state index in [1.165, 1.54) is 0 Å². The van der Waals surface area contributed by atoms with Crippen molar-refractivity contribution in [3.8, 4) is 0 Å². The average molecular weight is 214 g/mol. The number of nitrogens with one attached hydrogen (secondary N) is 1. The molecule has 0 fully saturated rings. The zero-order valence-corrected chi connectivity index (χ0v) is 8.21. The highest BCUT2D eigenvalue weighted by Gasteiger charge is 2.16. The van der Waals surface area contributed by atoms with Crippen molar-refractivity contribution < 1.29 is 13.6 Å². The summed E-state index contributed by atoms with van der Waals surface area (Å²) in [4.78, 5) is 10.3. The first-order chi connectivity index (χ1) is 7.04. The standard InChI is InChI=1S/C10H12F2N2O/c1-6(13)10(14-5-15)7-2-8(11)4-9(12)3-7/h2-6,10H,13H2,1H3,(H,14,15). The number of carbonyl (C=O) groups excluding carboxylic acids is 1. The summed E-state index contributed by atoms with van der Waals surface area (Å²) in [6.07, 6.45) is 0.455. The number of hydrogen-bond acceptors (Lipinski definition) is 2. The number of halogens is 2. The van der Waals surface area contributed by atoms with Crippen LogP contribution in [-0.2, 0) is 4.79 Å². The monoisotopic (exact) mass is 214 g/mol. The molecule has 0 heterocycles. The van der Waals surface area contributed by atoms with Gasteiger partial charge in [0.15, 0.2) is 0 Å². The lowest BCUT2D eigenvalue weighted by Crippen LogP contribution is -2.35. The molecule has 1 rings (SSSR count). The summed E-state index contributed by atoms with van der Waals surface area (Å²) in [6.45, 7) is 1.64. The van der Waals surface area contributed by atoms with E-state index in [1.54, 1.807) is 6.92 Å². The zero-order chi connectivity index (χ0) is 11.4. The SMILES string of the molecule is CC(N)C(NC=O)c1cc(F)cc(F)c1. The highest BCUT2D eigenvalue weighted by molar-refractivity contribution is 5.48. The molecule has 0 saturated heterocycles. The van der Waals surface area contributed by atoms with E-state index in [4.69, 9.17) is 5.73 Å². The zero-order valence-electron chi connectivity index (χ0n) is 8.21. The molecule has 0 aliphatic heterocycles. The van der Waals surface area contributed by atoms with Gasteiger partial charge in [0.2, 0.25) is 6.41 Å². The van der Waals surface area contributed by atoms with Gasteiger partial charge in [-0.25, -0.2) is 8.78 Å². The van der Waals surface area contributed by atoms with Crippen molar-refractivity contribution in [3.05, 3.63) is 35.4 Å². The maximum absolute atomic E-state index is 12.9. The minimum atomic E-state index is -0.691. The van der Waals surface area contributed by atoms with E-state index in [9.17, 15) is 13.6 Å². The number of amides is 1. The van der Waals surface area contributed by atoms with E-state index in [0.717, 1.165) is 18.2 Å². The molecule has 0 radical (unpaired) electrons. The van der Waals surface area contributed by atoms with Crippen molar-refractivity contribution in [1.29, 1.82) is 0 Å². The van der Waals surface area contributed by atoms with Gasteiger partial charge in [0.1, 0.15) is 11.6 Å². The lowest BCUT2D eigenvalue weighted by Gasteiger charge is -2.20. The molecule has 5 heteroatoms. The Morgan fingerprint density at radius 3 is 2.27 bits per heavy atom. The van der Waals surface area contributed by atoms with Gasteiger partial charge in [-0.05, 0) is 24.6 Å². The minimum absolute atomic E-state index is 0.314. The van der Waals surface area contributed by atoms with E-state index in [-0.39, 0.29) is 0 Å². The fourth-order valence-corrected chi connectivity index (χ4v) is 1.38. The van der Waals surface area contributed by atoms with E-state index in [1.807, 2.05) is 0 Å². The predicted molar refractivity (Wildman–Crippen MR) is 51.9 cm³/mol. The van der Waals surface area contributed by atoms with Gasteiger partial charge in [-0.1, -0.05) is 0 Å². The molecular weight excluding hydrogens is 202 g/mol. The Bertz CT molecular complexity index is 335. The van der Waals surface area contributed by atoms with Gasteiger partial charge in [0.25, 0.3) is 0 Å². The van der Waals surface area contributed by atoms with Gasteiger partial charge in [-0.2, -0.15) is 0 Å². The van der Waals surface area contributed by atoms with Gasteiger partial charge in [-0.15, -0.1) is 0 Å². The summed E-state index contributed by atoms with van der Waals surface area (Å²) in [6, 6.07) is 2.04. The molecule has 1 aromatic rings. The molecular formula is C10H12F2N2O. The number of benzene rings is 1. The van der Waals surface area contributed by atoms with Crippen LogP contribution in [0.4, 0.5) is 8.78 Å². The van der Waals surface area contributed by atoms with Gasteiger partial charge in [-0.3, -0.25) is 4.79 Å². The minimum Gasteiger partial charge on any atom is -0.350 e. The Balaban J connectivity index is 3.04. The highest BCUT2D eigenvalue weighted by Crippen LogP contribution is 2.18. The van der Waals surface area contributed by atoms with Crippen LogP contribution in [0.5, 0.6) is 0 Å². The van der Waals surface area contributed by atoms with Crippen LogP contribution in [0.15, 0.2) is 18.2 Å². The smallest absolute Gasteiger partial charge is 0.207 e. The number of nitrogens with two attached hydrogens (primary N) is 1. The fraction of sp³-hybridized carbons (Fsp3) is 0.300. The third kappa shape index (κ3) is 2.99. The lowest BCUT2D eigenvalue weighted by molar-refractivity contribution is -0.110. The summed E-state index contributed by atoms with van der Waals surface area (Å²) in [7, 11) is 0. The Morgan fingerprint density at radius 2 is 1.87 bits per heavy atom. The second-order valence-corrected chi connectivity index (χ2v) is 3.32.